The van der Waals surface area contributed by atoms with Gasteiger partial charge in [0.05, 0.1) is 12.6 Å². The first kappa shape index (κ1) is 22.8. The lowest BCUT2D eigenvalue weighted by Gasteiger charge is -2.37. The zero-order valence-electron chi connectivity index (χ0n) is 18.9. The molecule has 2 heterocycles. The topological polar surface area (TPSA) is 59.1 Å². The van der Waals surface area contributed by atoms with Crippen LogP contribution in [0.4, 0.5) is 0 Å². The third-order valence-corrected chi connectivity index (χ3v) is 7.18. The van der Waals surface area contributed by atoms with E-state index in [0.29, 0.717) is 26.3 Å². The van der Waals surface area contributed by atoms with Crippen LogP contribution >= 0.6 is 11.3 Å². The average molecular weight is 457 g/mol. The molecule has 6 nitrogen and oxygen atoms in total. The van der Waals surface area contributed by atoms with Crippen LogP contribution in [0.1, 0.15) is 41.3 Å². The molecule has 0 bridgehead atoms. The number of benzene rings is 1. The van der Waals surface area contributed by atoms with Crippen molar-refractivity contribution in [2.75, 3.05) is 40.0 Å². The summed E-state index contributed by atoms with van der Waals surface area (Å²) in [4.78, 5) is 31.2. The molecule has 2 aromatic rings. The van der Waals surface area contributed by atoms with Crippen molar-refractivity contribution in [3.8, 4) is 5.75 Å². The van der Waals surface area contributed by atoms with Crippen LogP contribution in [0.3, 0.4) is 0 Å². The molecule has 1 aromatic heterocycles. The molecule has 0 unspecified atom stereocenters. The zero-order valence-corrected chi connectivity index (χ0v) is 19.7. The molecule has 32 heavy (non-hydrogen) atoms. The van der Waals surface area contributed by atoms with E-state index in [1.165, 1.54) is 16.0 Å². The maximum atomic E-state index is 13.4. The van der Waals surface area contributed by atoms with Crippen LogP contribution in [-0.2, 0) is 20.7 Å². The Kier molecular flexibility index (Phi) is 7.48. The van der Waals surface area contributed by atoms with Crippen LogP contribution in [0.25, 0.3) is 0 Å². The Labute approximate surface area is 194 Å². The maximum Gasteiger partial charge on any atom is 0.242 e. The molecular formula is C25H32N2O4S. The van der Waals surface area contributed by atoms with Crippen LogP contribution in [-0.4, -0.2) is 61.6 Å². The summed E-state index contributed by atoms with van der Waals surface area (Å²) >= 11 is 1.74. The minimum atomic E-state index is -0.143. The molecular weight excluding hydrogens is 424 g/mol. The predicted octanol–water partition coefficient (Wildman–Crippen LogP) is 3.84. The van der Waals surface area contributed by atoms with E-state index in [9.17, 15) is 9.59 Å². The number of rotatable bonds is 10. The average Bonchev–Trinajstić information content (AvgIpc) is 3.54. The van der Waals surface area contributed by atoms with Gasteiger partial charge in [-0.1, -0.05) is 17.7 Å². The molecule has 1 atom stereocenters. The van der Waals surface area contributed by atoms with Crippen molar-refractivity contribution in [3.63, 3.8) is 0 Å². The normalized spacial score (nSPS) is 17.7. The Morgan fingerprint density at radius 1 is 1.19 bits per heavy atom. The number of hydrogen-bond acceptors (Lipinski definition) is 5. The number of amides is 2. The Balaban J connectivity index is 1.46. The van der Waals surface area contributed by atoms with Gasteiger partial charge >= 0.3 is 0 Å². The van der Waals surface area contributed by atoms with Crippen molar-refractivity contribution in [2.45, 2.75) is 38.6 Å². The fraction of sp³-hybridized carbons (Fsp3) is 0.520. The van der Waals surface area contributed by atoms with Crippen molar-refractivity contribution in [3.05, 3.63) is 51.7 Å². The SMILES string of the molecule is COCCCN(CC(=O)N1CCc2sccc2[C@H]1COc1ccc(C)cc1)C(=O)C1CC1. The minimum Gasteiger partial charge on any atom is -0.491 e. The van der Waals surface area contributed by atoms with Gasteiger partial charge in [0, 0.05) is 37.6 Å². The Morgan fingerprint density at radius 3 is 2.69 bits per heavy atom. The van der Waals surface area contributed by atoms with E-state index < -0.39 is 0 Å². The Hall–Kier alpha value is -2.38. The number of carbonyl (C=O) groups is 2. The molecule has 1 saturated carbocycles. The van der Waals surface area contributed by atoms with Crippen LogP contribution in [0.15, 0.2) is 35.7 Å². The van der Waals surface area contributed by atoms with Gasteiger partial charge in [-0.25, -0.2) is 0 Å². The number of thiophene rings is 1. The maximum absolute atomic E-state index is 13.4. The third kappa shape index (κ3) is 5.51. The molecule has 2 amide bonds. The first-order valence-corrected chi connectivity index (χ1v) is 12.3. The molecule has 0 saturated heterocycles. The molecule has 2 aliphatic rings. The van der Waals surface area contributed by atoms with Crippen LogP contribution in [0, 0.1) is 12.8 Å². The van der Waals surface area contributed by atoms with Gasteiger partial charge in [0.2, 0.25) is 11.8 Å². The van der Waals surface area contributed by atoms with Gasteiger partial charge < -0.3 is 19.3 Å². The number of fused-ring (bicyclic) bond motifs is 1. The number of hydrogen-bond donors (Lipinski definition) is 0. The van der Waals surface area contributed by atoms with Gasteiger partial charge in [-0.2, -0.15) is 0 Å². The van der Waals surface area contributed by atoms with Crippen LogP contribution in [0.2, 0.25) is 0 Å². The molecule has 1 aromatic carbocycles. The predicted molar refractivity (Wildman–Crippen MR) is 125 cm³/mol. The molecule has 0 radical (unpaired) electrons. The van der Waals surface area contributed by atoms with Crippen molar-refractivity contribution >= 4 is 23.2 Å². The van der Waals surface area contributed by atoms with Crippen molar-refractivity contribution in [1.29, 1.82) is 0 Å². The largest absolute Gasteiger partial charge is 0.491 e. The lowest BCUT2D eigenvalue weighted by Crippen LogP contribution is -2.48. The number of nitrogens with zero attached hydrogens (tertiary/aromatic N) is 2. The highest BCUT2D eigenvalue weighted by Crippen LogP contribution is 2.35. The molecule has 1 aliphatic heterocycles. The number of aryl methyl sites for hydroxylation is 1. The lowest BCUT2D eigenvalue weighted by atomic mass is 10.0. The standard InChI is InChI=1S/C25H32N2O4S/c1-18-4-8-20(9-5-18)31-17-22-21-11-15-32-23(21)10-13-27(22)24(28)16-26(12-3-14-30-2)25(29)19-6-7-19/h4-5,8-9,11,15,19,22H,3,6-7,10,12-14,16-17H2,1-2H3/t22-/m1/s1. The highest BCUT2D eigenvalue weighted by Gasteiger charge is 2.37. The van der Waals surface area contributed by atoms with Crippen molar-refractivity contribution in [1.82, 2.24) is 9.80 Å². The summed E-state index contributed by atoms with van der Waals surface area (Å²) in [5.41, 5.74) is 2.35. The Morgan fingerprint density at radius 2 is 1.97 bits per heavy atom. The molecule has 172 valence electrons. The fourth-order valence-electron chi connectivity index (χ4n) is 4.19. The second-order valence-electron chi connectivity index (χ2n) is 8.66. The molecule has 7 heteroatoms. The molecule has 0 N–H and O–H groups in total. The summed E-state index contributed by atoms with van der Waals surface area (Å²) in [5, 5.41) is 2.09. The summed E-state index contributed by atoms with van der Waals surface area (Å²) < 4.78 is 11.3. The first-order valence-electron chi connectivity index (χ1n) is 11.4. The molecule has 1 aliphatic carbocycles. The lowest BCUT2D eigenvalue weighted by molar-refractivity contribution is -0.143. The van der Waals surface area contributed by atoms with Crippen molar-refractivity contribution < 1.29 is 19.1 Å². The summed E-state index contributed by atoms with van der Waals surface area (Å²) in [6.07, 6.45) is 3.45. The summed E-state index contributed by atoms with van der Waals surface area (Å²) in [6.45, 7) is 4.36. The quantitative estimate of drug-likeness (QED) is 0.510. The summed E-state index contributed by atoms with van der Waals surface area (Å²) in [6, 6.07) is 9.94. The van der Waals surface area contributed by atoms with Gasteiger partial charge in [0.1, 0.15) is 12.4 Å². The van der Waals surface area contributed by atoms with Crippen LogP contribution < -0.4 is 4.74 Å². The van der Waals surface area contributed by atoms with Gasteiger partial charge in [0.25, 0.3) is 0 Å². The molecule has 0 spiro atoms. The van der Waals surface area contributed by atoms with Crippen LogP contribution in [0.5, 0.6) is 5.75 Å². The monoisotopic (exact) mass is 456 g/mol. The zero-order chi connectivity index (χ0) is 22.5. The van der Waals surface area contributed by atoms with E-state index >= 15 is 0 Å². The van der Waals surface area contributed by atoms with E-state index in [1.807, 2.05) is 36.1 Å². The van der Waals surface area contributed by atoms with Crippen molar-refractivity contribution in [2.24, 2.45) is 5.92 Å². The van der Waals surface area contributed by atoms with Gasteiger partial charge in [0.15, 0.2) is 0 Å². The number of carbonyl (C=O) groups excluding carboxylic acids is 2. The highest BCUT2D eigenvalue weighted by atomic mass is 32.1. The summed E-state index contributed by atoms with van der Waals surface area (Å²) in [5.74, 6) is 0.993. The molecule has 1 fully saturated rings. The molecule has 4 rings (SSSR count). The van der Waals surface area contributed by atoms with E-state index in [2.05, 4.69) is 11.4 Å². The minimum absolute atomic E-state index is 0.00854. The Bertz CT molecular complexity index is 922. The number of methoxy groups -OCH3 is 1. The van der Waals surface area contributed by atoms with Gasteiger partial charge in [-0.15, -0.1) is 11.3 Å². The second kappa shape index (κ2) is 10.5. The third-order valence-electron chi connectivity index (χ3n) is 6.18. The highest BCUT2D eigenvalue weighted by molar-refractivity contribution is 7.10. The summed E-state index contributed by atoms with van der Waals surface area (Å²) in [7, 11) is 1.66. The van der Waals surface area contributed by atoms with E-state index in [-0.39, 0.29) is 30.3 Å². The number of ether oxygens (including phenoxy) is 2. The van der Waals surface area contributed by atoms with Gasteiger partial charge in [-0.05, 0) is 61.7 Å². The van der Waals surface area contributed by atoms with E-state index in [4.69, 9.17) is 9.47 Å². The fourth-order valence-corrected chi connectivity index (χ4v) is 5.12. The van der Waals surface area contributed by atoms with Gasteiger partial charge in [-0.3, -0.25) is 9.59 Å². The smallest absolute Gasteiger partial charge is 0.242 e. The second-order valence-corrected chi connectivity index (χ2v) is 9.66. The van der Waals surface area contributed by atoms with E-state index in [1.54, 1.807) is 23.3 Å². The first-order chi connectivity index (χ1) is 15.6. The van der Waals surface area contributed by atoms with E-state index in [0.717, 1.165) is 31.4 Å².